The van der Waals surface area contributed by atoms with Crippen LogP contribution in [0.2, 0.25) is 0 Å². The van der Waals surface area contributed by atoms with Crippen LogP contribution in [0.15, 0.2) is 114 Å². The third kappa shape index (κ3) is 7.64. The zero-order chi connectivity index (χ0) is 29.5. The molecule has 0 bridgehead atoms. The number of nitrogens with two attached hydrogens (primary N) is 1. The number of aliphatic imine (C=N–C) groups is 1. The molecule has 4 aromatic carbocycles. The van der Waals surface area contributed by atoms with Crippen molar-refractivity contribution in [1.82, 2.24) is 14.8 Å². The second-order valence-electron chi connectivity index (χ2n) is 9.11. The summed E-state index contributed by atoms with van der Waals surface area (Å²) in [7, 11) is 0. The van der Waals surface area contributed by atoms with Crippen LogP contribution in [-0.2, 0) is 6.42 Å². The molecular formula is C30H26F3N7O2. The Morgan fingerprint density at radius 2 is 1.62 bits per heavy atom. The van der Waals surface area contributed by atoms with Crippen LogP contribution < -0.4 is 21.1 Å². The largest absolute Gasteiger partial charge is 0.573 e. The predicted octanol–water partition coefficient (Wildman–Crippen LogP) is 5.54. The van der Waals surface area contributed by atoms with Gasteiger partial charge in [0.2, 0.25) is 6.35 Å². The van der Waals surface area contributed by atoms with E-state index in [1.165, 1.54) is 35.3 Å². The first-order valence-electron chi connectivity index (χ1n) is 12.8. The van der Waals surface area contributed by atoms with Gasteiger partial charge in [0.25, 0.3) is 0 Å². The molecule has 9 nitrogen and oxygen atoms in total. The maximum absolute atomic E-state index is 12.4. The van der Waals surface area contributed by atoms with Crippen LogP contribution in [0.25, 0.3) is 17.1 Å². The van der Waals surface area contributed by atoms with Gasteiger partial charge in [-0.1, -0.05) is 48.5 Å². The normalized spacial score (nSPS) is 12.5. The van der Waals surface area contributed by atoms with Crippen molar-refractivity contribution in [3.05, 3.63) is 121 Å². The van der Waals surface area contributed by atoms with E-state index in [0.29, 0.717) is 29.2 Å². The van der Waals surface area contributed by atoms with Crippen LogP contribution in [-0.4, -0.2) is 38.5 Å². The summed E-state index contributed by atoms with van der Waals surface area (Å²) in [6.07, 6.45) is -3.91. The Morgan fingerprint density at radius 3 is 2.33 bits per heavy atom. The van der Waals surface area contributed by atoms with Crippen LogP contribution in [0.5, 0.6) is 5.75 Å². The summed E-state index contributed by atoms with van der Waals surface area (Å²) in [5.41, 5.74) is 10.8. The molecule has 0 fully saturated rings. The zero-order valence-corrected chi connectivity index (χ0v) is 22.0. The van der Waals surface area contributed by atoms with Gasteiger partial charge in [0, 0.05) is 16.9 Å². The Hall–Kier alpha value is -5.36. The lowest BCUT2D eigenvalue weighted by atomic mass is 10.0. The highest BCUT2D eigenvalue weighted by molar-refractivity contribution is 5.93. The first-order chi connectivity index (χ1) is 20.2. The van der Waals surface area contributed by atoms with Crippen molar-refractivity contribution < 1.29 is 23.0 Å². The fourth-order valence-electron chi connectivity index (χ4n) is 4.13. The minimum Gasteiger partial charge on any atom is -0.406 e. The lowest BCUT2D eigenvalue weighted by Gasteiger charge is -2.14. The van der Waals surface area contributed by atoms with Gasteiger partial charge in [0.1, 0.15) is 12.1 Å². The minimum absolute atomic E-state index is 0.0415. The van der Waals surface area contributed by atoms with Crippen LogP contribution in [0.4, 0.5) is 24.5 Å². The van der Waals surface area contributed by atoms with Gasteiger partial charge in [0.15, 0.2) is 11.8 Å². The monoisotopic (exact) mass is 573 g/mol. The maximum atomic E-state index is 12.4. The Balaban J connectivity index is 1.19. The molecule has 42 heavy (non-hydrogen) atoms. The molecule has 0 aliphatic heterocycles. The van der Waals surface area contributed by atoms with E-state index >= 15 is 0 Å². The van der Waals surface area contributed by atoms with E-state index < -0.39 is 12.7 Å². The summed E-state index contributed by atoms with van der Waals surface area (Å²) >= 11 is 0. The van der Waals surface area contributed by atoms with Crippen molar-refractivity contribution in [3.63, 3.8) is 0 Å². The predicted molar refractivity (Wildman–Crippen MR) is 154 cm³/mol. The smallest absolute Gasteiger partial charge is 0.406 e. The van der Waals surface area contributed by atoms with E-state index in [0.717, 1.165) is 16.8 Å². The van der Waals surface area contributed by atoms with Crippen molar-refractivity contribution >= 4 is 17.3 Å². The number of benzene rings is 4. The van der Waals surface area contributed by atoms with Gasteiger partial charge in [-0.05, 0) is 72.1 Å². The SMILES string of the molecule is N/C(=N\C(O)Nc1ccc(-c2ncn(-c3ccc(OC(F)(F)F)cc3)n2)cc1)Nc1ccccc1Cc1ccccc1. The number of alkyl halides is 3. The van der Waals surface area contributed by atoms with Gasteiger partial charge in [-0.15, -0.1) is 18.3 Å². The average molecular weight is 574 g/mol. The topological polar surface area (TPSA) is 123 Å². The highest BCUT2D eigenvalue weighted by Crippen LogP contribution is 2.24. The molecule has 0 aliphatic rings. The summed E-state index contributed by atoms with van der Waals surface area (Å²) in [4.78, 5) is 8.36. The maximum Gasteiger partial charge on any atom is 0.573 e. The number of guanidine groups is 1. The molecule has 0 radical (unpaired) electrons. The fraction of sp³-hybridized carbons (Fsp3) is 0.100. The molecule has 0 amide bonds. The number of aliphatic hydroxyl groups excluding tert-OH is 1. The van der Waals surface area contributed by atoms with Gasteiger partial charge in [-0.3, -0.25) is 0 Å². The number of halogens is 3. The lowest BCUT2D eigenvalue weighted by molar-refractivity contribution is -0.274. The standard InChI is InChI=1S/C30H26F3N7O2/c31-30(32,33)42-25-16-14-24(15-17-25)40-19-35-27(39-40)21-10-12-23(13-11-21)36-29(41)38-28(34)37-26-9-5-4-8-22(26)18-20-6-2-1-3-7-20/h1-17,19,29,36,41H,18H2,(H3,34,37,38). The molecule has 0 saturated carbocycles. The molecule has 5 N–H and O–H groups in total. The zero-order valence-electron chi connectivity index (χ0n) is 22.0. The van der Waals surface area contributed by atoms with Gasteiger partial charge < -0.3 is 26.2 Å². The number of hydrogen-bond donors (Lipinski definition) is 4. The van der Waals surface area contributed by atoms with Gasteiger partial charge in [-0.25, -0.2) is 14.7 Å². The first kappa shape index (κ1) is 28.2. The summed E-state index contributed by atoms with van der Waals surface area (Å²) in [6, 6.07) is 30.0. The van der Waals surface area contributed by atoms with Crippen molar-refractivity contribution in [1.29, 1.82) is 0 Å². The van der Waals surface area contributed by atoms with E-state index in [9.17, 15) is 18.3 Å². The third-order valence-corrected chi connectivity index (χ3v) is 6.04. The van der Waals surface area contributed by atoms with E-state index in [4.69, 9.17) is 5.73 Å². The third-order valence-electron chi connectivity index (χ3n) is 6.04. The van der Waals surface area contributed by atoms with Crippen LogP contribution in [0.3, 0.4) is 0 Å². The van der Waals surface area contributed by atoms with Crippen molar-refractivity contribution in [3.8, 4) is 22.8 Å². The average Bonchev–Trinajstić information content (AvgIpc) is 3.45. The number of aromatic nitrogens is 3. The molecule has 1 atom stereocenters. The molecule has 0 saturated heterocycles. The lowest BCUT2D eigenvalue weighted by Crippen LogP contribution is -2.28. The van der Waals surface area contributed by atoms with Crippen LogP contribution in [0, 0.1) is 0 Å². The van der Waals surface area contributed by atoms with E-state index in [1.54, 1.807) is 24.3 Å². The quantitative estimate of drug-likeness (QED) is 0.104. The molecule has 1 unspecified atom stereocenters. The summed E-state index contributed by atoms with van der Waals surface area (Å²) in [5, 5.41) is 20.7. The molecule has 12 heteroatoms. The summed E-state index contributed by atoms with van der Waals surface area (Å²) < 4.78 is 42.5. The number of para-hydroxylation sites is 1. The Morgan fingerprint density at radius 1 is 0.929 bits per heavy atom. The van der Waals surface area contributed by atoms with Gasteiger partial charge in [0.05, 0.1) is 5.69 Å². The number of nitrogens with zero attached hydrogens (tertiary/aromatic N) is 4. The van der Waals surface area contributed by atoms with Crippen molar-refractivity contribution in [2.24, 2.45) is 10.7 Å². The van der Waals surface area contributed by atoms with Gasteiger partial charge >= 0.3 is 6.36 Å². The van der Waals surface area contributed by atoms with Crippen LogP contribution >= 0.6 is 0 Å². The fourth-order valence-corrected chi connectivity index (χ4v) is 4.13. The minimum atomic E-state index is -4.76. The number of hydrogen-bond acceptors (Lipinski definition) is 6. The van der Waals surface area contributed by atoms with Gasteiger partial charge in [-0.2, -0.15) is 0 Å². The second-order valence-corrected chi connectivity index (χ2v) is 9.11. The molecule has 1 aromatic heterocycles. The molecule has 0 aliphatic carbocycles. The van der Waals surface area contributed by atoms with E-state index in [2.05, 4.69) is 30.4 Å². The summed E-state index contributed by atoms with van der Waals surface area (Å²) in [5.74, 6) is 0.116. The second kappa shape index (κ2) is 12.4. The number of nitrogens with one attached hydrogen (secondary N) is 2. The number of anilines is 2. The molecule has 1 heterocycles. The van der Waals surface area contributed by atoms with E-state index in [-0.39, 0.29) is 11.7 Å². The molecular weight excluding hydrogens is 547 g/mol. The van der Waals surface area contributed by atoms with Crippen molar-refractivity contribution in [2.45, 2.75) is 19.1 Å². The van der Waals surface area contributed by atoms with E-state index in [1.807, 2.05) is 54.6 Å². The Kier molecular flexibility index (Phi) is 8.34. The molecule has 5 aromatic rings. The number of ether oxygens (including phenoxy) is 1. The molecule has 214 valence electrons. The highest BCUT2D eigenvalue weighted by Gasteiger charge is 2.31. The molecule has 5 rings (SSSR count). The van der Waals surface area contributed by atoms with Crippen molar-refractivity contribution in [2.75, 3.05) is 10.6 Å². The Labute approximate surface area is 239 Å². The van der Waals surface area contributed by atoms with Crippen LogP contribution in [0.1, 0.15) is 11.1 Å². The number of aliphatic hydroxyl groups is 1. The first-order valence-corrected chi connectivity index (χ1v) is 12.8. The number of rotatable bonds is 9. The highest BCUT2D eigenvalue weighted by atomic mass is 19.4. The molecule has 0 spiro atoms. The Bertz CT molecular complexity index is 1640. The summed E-state index contributed by atoms with van der Waals surface area (Å²) in [6.45, 7) is 0.